The maximum Gasteiger partial charge on any atom is 0.387 e. The Bertz CT molecular complexity index is 1050. The van der Waals surface area contributed by atoms with Crippen LogP contribution in [0.5, 0.6) is 23.0 Å². The lowest BCUT2D eigenvalue weighted by atomic mass is 10.1. The van der Waals surface area contributed by atoms with Crippen LogP contribution in [0.2, 0.25) is 0 Å². The number of pyridine rings is 1. The lowest BCUT2D eigenvalue weighted by Crippen LogP contribution is -2.13. The van der Waals surface area contributed by atoms with Gasteiger partial charge in [0, 0.05) is 29.7 Å². The van der Waals surface area contributed by atoms with Gasteiger partial charge in [-0.05, 0) is 55.0 Å². The molecule has 0 saturated heterocycles. The number of hydrogen-bond acceptors (Lipinski definition) is 6. The Balaban J connectivity index is 1.75. The van der Waals surface area contributed by atoms with E-state index < -0.39 is 12.5 Å². The number of ether oxygens (including phenoxy) is 4. The Morgan fingerprint density at radius 3 is 2.41 bits per heavy atom. The van der Waals surface area contributed by atoms with Crippen LogP contribution in [0.4, 0.5) is 14.5 Å². The van der Waals surface area contributed by atoms with Crippen molar-refractivity contribution >= 4 is 11.6 Å². The third kappa shape index (κ3) is 6.07. The van der Waals surface area contributed by atoms with E-state index >= 15 is 0 Å². The molecule has 0 saturated carbocycles. The normalized spacial score (nSPS) is 10.5. The number of hydrogen-bond donors (Lipinski definition) is 1. The Morgan fingerprint density at radius 2 is 1.72 bits per heavy atom. The van der Waals surface area contributed by atoms with E-state index in [1.54, 1.807) is 30.6 Å². The topological polar surface area (TPSA) is 78.9 Å². The van der Waals surface area contributed by atoms with Crippen LogP contribution in [0.15, 0.2) is 60.9 Å². The van der Waals surface area contributed by atoms with Gasteiger partial charge in [-0.3, -0.25) is 9.78 Å². The van der Waals surface area contributed by atoms with Crippen LogP contribution in [0.1, 0.15) is 22.8 Å². The van der Waals surface area contributed by atoms with Crippen LogP contribution in [-0.2, 0) is 6.61 Å². The first-order chi connectivity index (χ1) is 15.5. The van der Waals surface area contributed by atoms with Crippen molar-refractivity contribution in [1.82, 2.24) is 4.98 Å². The number of aromatic nitrogens is 1. The van der Waals surface area contributed by atoms with E-state index in [2.05, 4.69) is 15.0 Å². The molecule has 0 aliphatic rings. The summed E-state index contributed by atoms with van der Waals surface area (Å²) in [6.45, 7) is -0.513. The lowest BCUT2D eigenvalue weighted by molar-refractivity contribution is -0.0511. The number of amides is 1. The van der Waals surface area contributed by atoms with Crippen molar-refractivity contribution in [1.29, 1.82) is 0 Å². The average Bonchev–Trinajstić information content (AvgIpc) is 2.79. The number of nitrogens with one attached hydrogen (secondary N) is 1. The summed E-state index contributed by atoms with van der Waals surface area (Å²) in [5.74, 6) is 0.371. The molecule has 168 valence electrons. The molecule has 2 aromatic carbocycles. The number of rotatable bonds is 10. The van der Waals surface area contributed by atoms with E-state index in [-0.39, 0.29) is 17.2 Å². The summed E-state index contributed by atoms with van der Waals surface area (Å²) in [6, 6.07) is 12.7. The molecule has 3 rings (SSSR count). The summed E-state index contributed by atoms with van der Waals surface area (Å²) >= 11 is 0. The molecule has 0 spiro atoms. The smallest absolute Gasteiger partial charge is 0.387 e. The Labute approximate surface area is 183 Å². The molecule has 0 unspecified atom stereocenters. The standard InChI is InChI=1S/C23H22F2N2O5/c1-3-30-20-12-16(4-6-19(20)31-14-15-8-10-26-11-9-15)22(28)27-17-5-7-18(29-2)21(13-17)32-23(24)25/h4-13,23H,3,14H2,1-2H3,(H,27,28). The molecule has 1 heterocycles. The molecule has 7 nitrogen and oxygen atoms in total. The van der Waals surface area contributed by atoms with E-state index in [4.69, 9.17) is 14.2 Å². The number of alkyl halides is 2. The van der Waals surface area contributed by atoms with Crippen LogP contribution >= 0.6 is 0 Å². The van der Waals surface area contributed by atoms with Gasteiger partial charge in [-0.25, -0.2) is 0 Å². The second-order valence-electron chi connectivity index (χ2n) is 6.44. The van der Waals surface area contributed by atoms with Gasteiger partial charge < -0.3 is 24.3 Å². The maximum atomic E-state index is 12.7. The van der Waals surface area contributed by atoms with Crippen molar-refractivity contribution in [2.75, 3.05) is 19.0 Å². The molecule has 0 atom stereocenters. The van der Waals surface area contributed by atoms with E-state index in [0.717, 1.165) is 5.56 Å². The predicted molar refractivity (Wildman–Crippen MR) is 114 cm³/mol. The van der Waals surface area contributed by atoms with Gasteiger partial charge in [0.1, 0.15) is 6.61 Å². The monoisotopic (exact) mass is 444 g/mol. The molecule has 0 aliphatic carbocycles. The van der Waals surface area contributed by atoms with Gasteiger partial charge >= 0.3 is 6.61 Å². The Kier molecular flexibility index (Phi) is 7.80. The molecule has 1 N–H and O–H groups in total. The SMILES string of the molecule is CCOc1cc(C(=O)Nc2ccc(OC)c(OC(F)F)c2)ccc1OCc1ccncc1. The zero-order valence-electron chi connectivity index (χ0n) is 17.5. The van der Waals surface area contributed by atoms with Crippen LogP contribution in [-0.4, -0.2) is 31.2 Å². The minimum absolute atomic E-state index is 0.123. The molecule has 3 aromatic rings. The quantitative estimate of drug-likeness (QED) is 0.478. The fourth-order valence-corrected chi connectivity index (χ4v) is 2.82. The molecule has 0 fully saturated rings. The number of anilines is 1. The summed E-state index contributed by atoms with van der Waals surface area (Å²) in [7, 11) is 1.33. The Morgan fingerprint density at radius 1 is 0.969 bits per heavy atom. The first-order valence-electron chi connectivity index (χ1n) is 9.73. The van der Waals surface area contributed by atoms with Crippen LogP contribution in [0.25, 0.3) is 0 Å². The van der Waals surface area contributed by atoms with Crippen molar-refractivity contribution in [3.05, 3.63) is 72.1 Å². The van der Waals surface area contributed by atoms with Crippen molar-refractivity contribution < 1.29 is 32.5 Å². The second kappa shape index (κ2) is 10.9. The minimum atomic E-state index is -3.02. The van der Waals surface area contributed by atoms with Gasteiger partial charge in [0.2, 0.25) is 0 Å². The van der Waals surface area contributed by atoms with Crippen molar-refractivity contribution in [2.24, 2.45) is 0 Å². The van der Waals surface area contributed by atoms with Gasteiger partial charge in [-0.15, -0.1) is 0 Å². The number of benzene rings is 2. The number of halogens is 2. The highest BCUT2D eigenvalue weighted by Crippen LogP contribution is 2.33. The van der Waals surface area contributed by atoms with E-state index in [1.165, 1.54) is 25.3 Å². The van der Waals surface area contributed by atoms with Crippen molar-refractivity contribution in [3.63, 3.8) is 0 Å². The van der Waals surface area contributed by atoms with Crippen molar-refractivity contribution in [3.8, 4) is 23.0 Å². The van der Waals surface area contributed by atoms with Gasteiger partial charge in [0.25, 0.3) is 5.91 Å². The van der Waals surface area contributed by atoms with Crippen molar-refractivity contribution in [2.45, 2.75) is 20.1 Å². The van der Waals surface area contributed by atoms with E-state index in [1.807, 2.05) is 19.1 Å². The van der Waals surface area contributed by atoms with Crippen LogP contribution in [0.3, 0.4) is 0 Å². The molecule has 0 radical (unpaired) electrons. The van der Waals surface area contributed by atoms with Gasteiger partial charge in [-0.2, -0.15) is 8.78 Å². The maximum absolute atomic E-state index is 12.7. The van der Waals surface area contributed by atoms with Gasteiger partial charge in [-0.1, -0.05) is 0 Å². The molecule has 9 heteroatoms. The first kappa shape index (κ1) is 22.8. The lowest BCUT2D eigenvalue weighted by Gasteiger charge is -2.14. The molecule has 1 aromatic heterocycles. The number of methoxy groups -OCH3 is 1. The van der Waals surface area contributed by atoms with Gasteiger partial charge in [0.15, 0.2) is 23.0 Å². The first-order valence-corrected chi connectivity index (χ1v) is 9.73. The minimum Gasteiger partial charge on any atom is -0.493 e. The van der Waals surface area contributed by atoms with Gasteiger partial charge in [0.05, 0.1) is 13.7 Å². The fraction of sp³-hybridized carbons (Fsp3) is 0.217. The third-order valence-corrected chi connectivity index (χ3v) is 4.29. The van der Waals surface area contributed by atoms with Crippen LogP contribution < -0.4 is 24.3 Å². The number of nitrogens with zero attached hydrogens (tertiary/aromatic N) is 1. The Hall–Kier alpha value is -3.88. The molecule has 0 aliphatic heterocycles. The highest BCUT2D eigenvalue weighted by Gasteiger charge is 2.15. The van der Waals surface area contributed by atoms with E-state index in [0.29, 0.717) is 30.3 Å². The summed E-state index contributed by atoms with van der Waals surface area (Å²) in [6.07, 6.45) is 3.35. The third-order valence-electron chi connectivity index (χ3n) is 4.29. The fourth-order valence-electron chi connectivity index (χ4n) is 2.82. The van der Waals surface area contributed by atoms with E-state index in [9.17, 15) is 13.6 Å². The summed E-state index contributed by atoms with van der Waals surface area (Å²) in [4.78, 5) is 16.7. The molecular formula is C23H22F2N2O5. The molecule has 32 heavy (non-hydrogen) atoms. The van der Waals surface area contributed by atoms with Crippen LogP contribution in [0, 0.1) is 0 Å². The molecule has 0 bridgehead atoms. The number of carbonyl (C=O) groups excluding carboxylic acids is 1. The number of carbonyl (C=O) groups is 1. The zero-order chi connectivity index (χ0) is 22.9. The molecule has 1 amide bonds. The summed E-state index contributed by atoms with van der Waals surface area (Å²) < 4.78 is 46.1. The second-order valence-corrected chi connectivity index (χ2v) is 6.44. The average molecular weight is 444 g/mol. The summed E-state index contributed by atoms with van der Waals surface area (Å²) in [5, 5.41) is 2.65. The largest absolute Gasteiger partial charge is 0.493 e. The predicted octanol–water partition coefficient (Wildman–Crippen LogP) is 4.92. The highest BCUT2D eigenvalue weighted by atomic mass is 19.3. The summed E-state index contributed by atoms with van der Waals surface area (Å²) in [5.41, 5.74) is 1.50. The zero-order valence-corrected chi connectivity index (χ0v) is 17.5. The highest BCUT2D eigenvalue weighted by molar-refractivity contribution is 6.04. The molecular weight excluding hydrogens is 422 g/mol.